The number of hydrogen-bond acceptors (Lipinski definition) is 4. The van der Waals surface area contributed by atoms with Crippen molar-refractivity contribution in [3.05, 3.63) is 59.9 Å². The third-order valence-corrected chi connectivity index (χ3v) is 4.71. The average Bonchev–Trinajstić information content (AvgIpc) is 3.05. The van der Waals surface area contributed by atoms with Gasteiger partial charge in [-0.3, -0.25) is 9.69 Å². The minimum atomic E-state index is -0.738. The summed E-state index contributed by atoms with van der Waals surface area (Å²) in [5, 5.41) is 0. The summed E-state index contributed by atoms with van der Waals surface area (Å²) in [5.74, 6) is -0.542. The summed E-state index contributed by atoms with van der Waals surface area (Å²) < 4.78 is 13.6. The Hall–Kier alpha value is -2.47. The first-order valence-electron chi connectivity index (χ1n) is 8.44. The SMILES string of the molecule is CN(c1ccc(C(N)=O)nc1)[C@H](CN1CC[C@H](F)C1)c1ccccc1. The second-order valence-electron chi connectivity index (χ2n) is 6.45. The first kappa shape index (κ1) is 17.4. The Bertz CT molecular complexity index is 707. The van der Waals surface area contributed by atoms with Gasteiger partial charge in [-0.2, -0.15) is 0 Å². The molecule has 1 fully saturated rings. The average molecular weight is 342 g/mol. The van der Waals surface area contributed by atoms with Gasteiger partial charge in [0.15, 0.2) is 0 Å². The van der Waals surface area contributed by atoms with Crippen molar-refractivity contribution in [3.8, 4) is 0 Å². The number of pyridine rings is 1. The molecule has 0 spiro atoms. The molecule has 1 aromatic heterocycles. The number of primary amides is 1. The lowest BCUT2D eigenvalue weighted by Gasteiger charge is -2.33. The van der Waals surface area contributed by atoms with E-state index in [0.717, 1.165) is 24.3 Å². The maximum Gasteiger partial charge on any atom is 0.267 e. The number of amides is 1. The normalized spacial score (nSPS) is 18.9. The molecule has 0 aliphatic carbocycles. The highest BCUT2D eigenvalue weighted by Gasteiger charge is 2.27. The number of nitrogens with two attached hydrogens (primary N) is 1. The lowest BCUT2D eigenvalue weighted by Crippen LogP contribution is -2.35. The molecule has 3 rings (SSSR count). The largest absolute Gasteiger partial charge is 0.365 e. The summed E-state index contributed by atoms with van der Waals surface area (Å²) in [6, 6.07) is 13.7. The van der Waals surface area contributed by atoms with E-state index in [1.165, 1.54) is 0 Å². The molecule has 2 heterocycles. The Morgan fingerprint density at radius 2 is 2.12 bits per heavy atom. The second-order valence-corrected chi connectivity index (χ2v) is 6.45. The predicted molar refractivity (Wildman–Crippen MR) is 96.3 cm³/mol. The molecule has 2 aromatic rings. The van der Waals surface area contributed by atoms with Crippen LogP contribution in [0.15, 0.2) is 48.7 Å². The number of nitrogens with zero attached hydrogens (tertiary/aromatic N) is 3. The number of likely N-dealkylation sites (tertiary alicyclic amines) is 1. The molecule has 2 atom stereocenters. The fraction of sp³-hybridized carbons (Fsp3) is 0.368. The van der Waals surface area contributed by atoms with Crippen molar-refractivity contribution >= 4 is 11.6 Å². The number of aromatic nitrogens is 1. The Balaban J connectivity index is 1.83. The van der Waals surface area contributed by atoms with Gasteiger partial charge in [0.25, 0.3) is 5.91 Å². The molecule has 1 saturated heterocycles. The summed E-state index contributed by atoms with van der Waals surface area (Å²) >= 11 is 0. The van der Waals surface area contributed by atoms with E-state index in [0.29, 0.717) is 13.0 Å². The maximum atomic E-state index is 13.6. The molecular weight excluding hydrogens is 319 g/mol. The molecule has 6 heteroatoms. The van der Waals surface area contributed by atoms with Gasteiger partial charge in [0.1, 0.15) is 11.9 Å². The number of hydrogen-bond donors (Lipinski definition) is 1. The highest BCUT2D eigenvalue weighted by molar-refractivity contribution is 5.90. The van der Waals surface area contributed by atoms with Crippen LogP contribution in [0.4, 0.5) is 10.1 Å². The highest BCUT2D eigenvalue weighted by Crippen LogP contribution is 2.27. The van der Waals surface area contributed by atoms with Crippen LogP contribution in [0.5, 0.6) is 0 Å². The van der Waals surface area contributed by atoms with Crippen LogP contribution in [0, 0.1) is 0 Å². The molecule has 0 saturated carbocycles. The smallest absolute Gasteiger partial charge is 0.267 e. The van der Waals surface area contributed by atoms with Crippen LogP contribution in [-0.2, 0) is 0 Å². The summed E-state index contributed by atoms with van der Waals surface area (Å²) in [4.78, 5) is 19.6. The lowest BCUT2D eigenvalue weighted by atomic mass is 10.0. The van der Waals surface area contributed by atoms with Crippen LogP contribution >= 0.6 is 0 Å². The zero-order chi connectivity index (χ0) is 17.8. The van der Waals surface area contributed by atoms with Gasteiger partial charge in [-0.05, 0) is 24.1 Å². The quantitative estimate of drug-likeness (QED) is 0.876. The van der Waals surface area contributed by atoms with Gasteiger partial charge in [0.2, 0.25) is 0 Å². The highest BCUT2D eigenvalue weighted by atomic mass is 19.1. The molecule has 0 bridgehead atoms. The Kier molecular flexibility index (Phi) is 5.28. The fourth-order valence-corrected chi connectivity index (χ4v) is 3.24. The standard InChI is InChI=1S/C19H23FN4O/c1-23(16-7-8-17(19(21)25)22-11-16)18(14-5-3-2-4-6-14)13-24-10-9-15(20)12-24/h2-8,11,15,18H,9-10,12-13H2,1H3,(H2,21,25)/t15-,18+/m0/s1. The van der Waals surface area contributed by atoms with Crippen LogP contribution in [-0.4, -0.2) is 48.6 Å². The molecular formula is C19H23FN4O. The number of anilines is 1. The molecule has 1 aliphatic rings. The van der Waals surface area contributed by atoms with E-state index in [2.05, 4.69) is 26.9 Å². The number of likely N-dealkylation sites (N-methyl/N-ethyl adjacent to an activating group) is 1. The second kappa shape index (κ2) is 7.61. The molecule has 1 amide bonds. The van der Waals surface area contributed by atoms with E-state index in [-0.39, 0.29) is 11.7 Å². The van der Waals surface area contributed by atoms with E-state index in [1.807, 2.05) is 31.3 Å². The number of carbonyl (C=O) groups excluding carboxylic acids is 1. The van der Waals surface area contributed by atoms with E-state index < -0.39 is 12.1 Å². The monoisotopic (exact) mass is 342 g/mol. The van der Waals surface area contributed by atoms with Gasteiger partial charge in [-0.25, -0.2) is 9.37 Å². The van der Waals surface area contributed by atoms with Crippen LogP contribution in [0.2, 0.25) is 0 Å². The van der Waals surface area contributed by atoms with Gasteiger partial charge >= 0.3 is 0 Å². The van der Waals surface area contributed by atoms with Crippen molar-refractivity contribution in [2.24, 2.45) is 5.73 Å². The Morgan fingerprint density at radius 1 is 1.36 bits per heavy atom. The van der Waals surface area contributed by atoms with Crippen molar-refractivity contribution in [2.75, 3.05) is 31.6 Å². The predicted octanol–water partition coefficient (Wildman–Crippen LogP) is 2.40. The molecule has 2 N–H and O–H groups in total. The maximum absolute atomic E-state index is 13.6. The summed E-state index contributed by atoms with van der Waals surface area (Å²) in [7, 11) is 1.99. The summed E-state index contributed by atoms with van der Waals surface area (Å²) in [6.45, 7) is 1.99. The van der Waals surface area contributed by atoms with Gasteiger partial charge in [-0.1, -0.05) is 30.3 Å². The van der Waals surface area contributed by atoms with E-state index in [1.54, 1.807) is 12.3 Å². The fourth-order valence-electron chi connectivity index (χ4n) is 3.24. The number of halogens is 1. The minimum Gasteiger partial charge on any atom is -0.365 e. The van der Waals surface area contributed by atoms with Gasteiger partial charge in [-0.15, -0.1) is 0 Å². The topological polar surface area (TPSA) is 62.5 Å². The van der Waals surface area contributed by atoms with Gasteiger partial charge in [0.05, 0.1) is 17.9 Å². The molecule has 5 nitrogen and oxygen atoms in total. The zero-order valence-electron chi connectivity index (χ0n) is 14.3. The first-order valence-corrected chi connectivity index (χ1v) is 8.44. The van der Waals surface area contributed by atoms with E-state index in [4.69, 9.17) is 5.73 Å². The molecule has 0 radical (unpaired) electrons. The van der Waals surface area contributed by atoms with E-state index in [9.17, 15) is 9.18 Å². The molecule has 1 aliphatic heterocycles. The molecule has 1 aromatic carbocycles. The van der Waals surface area contributed by atoms with Gasteiger partial charge < -0.3 is 10.6 Å². The molecule has 132 valence electrons. The number of carbonyl (C=O) groups is 1. The van der Waals surface area contributed by atoms with Crippen LogP contribution < -0.4 is 10.6 Å². The third-order valence-electron chi connectivity index (χ3n) is 4.71. The number of rotatable bonds is 6. The Morgan fingerprint density at radius 3 is 2.68 bits per heavy atom. The van der Waals surface area contributed by atoms with Crippen molar-refractivity contribution in [2.45, 2.75) is 18.6 Å². The molecule has 0 unspecified atom stereocenters. The van der Waals surface area contributed by atoms with Gasteiger partial charge in [0, 0.05) is 26.7 Å². The van der Waals surface area contributed by atoms with E-state index >= 15 is 0 Å². The van der Waals surface area contributed by atoms with Crippen molar-refractivity contribution < 1.29 is 9.18 Å². The van der Waals surface area contributed by atoms with Crippen molar-refractivity contribution in [1.29, 1.82) is 0 Å². The van der Waals surface area contributed by atoms with Crippen molar-refractivity contribution in [3.63, 3.8) is 0 Å². The number of alkyl halides is 1. The molecule has 25 heavy (non-hydrogen) atoms. The summed E-state index contributed by atoms with van der Waals surface area (Å²) in [6.07, 6.45) is 1.51. The first-order chi connectivity index (χ1) is 12.0. The minimum absolute atomic E-state index is 0.0627. The van der Waals surface area contributed by atoms with Crippen LogP contribution in [0.1, 0.15) is 28.5 Å². The summed E-state index contributed by atoms with van der Waals surface area (Å²) in [5.41, 5.74) is 7.54. The van der Waals surface area contributed by atoms with Crippen LogP contribution in [0.3, 0.4) is 0 Å². The zero-order valence-corrected chi connectivity index (χ0v) is 14.3. The van der Waals surface area contributed by atoms with Crippen LogP contribution in [0.25, 0.3) is 0 Å². The third kappa shape index (κ3) is 4.14. The Labute approximate surface area is 147 Å². The number of benzene rings is 1. The van der Waals surface area contributed by atoms with Crippen molar-refractivity contribution in [1.82, 2.24) is 9.88 Å². The lowest BCUT2D eigenvalue weighted by molar-refractivity contribution is 0.0995.